The van der Waals surface area contributed by atoms with Crippen molar-refractivity contribution in [3.63, 3.8) is 0 Å². The van der Waals surface area contributed by atoms with Crippen molar-refractivity contribution in [1.29, 1.82) is 0 Å². The summed E-state index contributed by atoms with van der Waals surface area (Å²) in [5, 5.41) is 3.65. The van der Waals surface area contributed by atoms with Gasteiger partial charge in [0.15, 0.2) is 5.78 Å². The molecule has 5 rings (SSSR count). The van der Waals surface area contributed by atoms with Crippen molar-refractivity contribution in [2.45, 2.75) is 52.0 Å². The number of hydrogen-bond acceptors (Lipinski definition) is 5. The van der Waals surface area contributed by atoms with Gasteiger partial charge in [-0.05, 0) is 49.1 Å². The lowest BCUT2D eigenvalue weighted by Gasteiger charge is -2.42. The van der Waals surface area contributed by atoms with E-state index in [4.69, 9.17) is 4.74 Å². The van der Waals surface area contributed by atoms with E-state index in [0.717, 1.165) is 48.3 Å². The summed E-state index contributed by atoms with van der Waals surface area (Å²) >= 11 is 0. The van der Waals surface area contributed by atoms with E-state index >= 15 is 0 Å². The number of carbonyl (C=O) groups is 2. The maximum absolute atomic E-state index is 13.7. The van der Waals surface area contributed by atoms with Crippen LogP contribution >= 0.6 is 0 Å². The number of benzene rings is 1. The van der Waals surface area contributed by atoms with Crippen molar-refractivity contribution in [1.82, 2.24) is 4.90 Å². The molecule has 1 N–H and O–H groups in total. The van der Waals surface area contributed by atoms with E-state index in [0.29, 0.717) is 38.6 Å². The van der Waals surface area contributed by atoms with Crippen LogP contribution in [0.5, 0.6) is 0 Å². The van der Waals surface area contributed by atoms with Gasteiger partial charge in [-0.25, -0.2) is 0 Å². The van der Waals surface area contributed by atoms with Crippen LogP contribution < -0.4 is 10.2 Å². The largest absolute Gasteiger partial charge is 0.378 e. The Bertz CT molecular complexity index is 990. The molecule has 1 aromatic carbocycles. The highest BCUT2D eigenvalue weighted by Gasteiger charge is 2.44. The van der Waals surface area contributed by atoms with E-state index in [1.807, 2.05) is 17.0 Å². The summed E-state index contributed by atoms with van der Waals surface area (Å²) in [5.41, 5.74) is 3.87. The van der Waals surface area contributed by atoms with Crippen LogP contribution in [0.25, 0.3) is 0 Å². The number of ether oxygens (including phenoxy) is 1. The lowest BCUT2D eigenvalue weighted by molar-refractivity contribution is -0.134. The summed E-state index contributed by atoms with van der Waals surface area (Å²) in [5.74, 6) is 0.637. The summed E-state index contributed by atoms with van der Waals surface area (Å²) < 4.78 is 5.46. The first-order chi connectivity index (χ1) is 15.9. The molecule has 4 aliphatic rings. The number of hydrogen-bond donors (Lipinski definition) is 1. The lowest BCUT2D eigenvalue weighted by Crippen LogP contribution is -2.52. The lowest BCUT2D eigenvalue weighted by atomic mass is 9.71. The Balaban J connectivity index is 1.60. The predicted molar refractivity (Wildman–Crippen MR) is 130 cm³/mol. The minimum atomic E-state index is -0.102. The molecule has 0 aromatic heterocycles. The summed E-state index contributed by atoms with van der Waals surface area (Å²) in [4.78, 5) is 31.3. The maximum Gasteiger partial charge on any atom is 0.242 e. The number of nitrogens with zero attached hydrogens (tertiary/aromatic N) is 2. The van der Waals surface area contributed by atoms with Crippen LogP contribution in [0.3, 0.4) is 0 Å². The third kappa shape index (κ3) is 4.45. The van der Waals surface area contributed by atoms with Crippen LogP contribution in [0, 0.1) is 11.3 Å². The molecule has 2 aliphatic carbocycles. The molecule has 6 heteroatoms. The number of ketones is 1. The zero-order valence-corrected chi connectivity index (χ0v) is 19.8. The third-order valence-corrected chi connectivity index (χ3v) is 7.48. The fourth-order valence-electron chi connectivity index (χ4n) is 5.92. The quantitative estimate of drug-likeness (QED) is 0.703. The van der Waals surface area contributed by atoms with E-state index < -0.39 is 0 Å². The van der Waals surface area contributed by atoms with E-state index in [1.54, 1.807) is 0 Å². The first kappa shape index (κ1) is 22.2. The minimum Gasteiger partial charge on any atom is -0.378 e. The molecule has 33 heavy (non-hydrogen) atoms. The smallest absolute Gasteiger partial charge is 0.242 e. The highest BCUT2D eigenvalue weighted by atomic mass is 16.5. The molecule has 6 nitrogen and oxygen atoms in total. The number of carbonyl (C=O) groups excluding carboxylic acids is 2. The summed E-state index contributed by atoms with van der Waals surface area (Å²) in [6.07, 6.45) is 8.85. The average molecular weight is 450 g/mol. The van der Waals surface area contributed by atoms with E-state index in [9.17, 15) is 9.59 Å². The topological polar surface area (TPSA) is 61.9 Å². The van der Waals surface area contributed by atoms with Crippen LogP contribution in [0.1, 0.15) is 46.0 Å². The third-order valence-electron chi connectivity index (χ3n) is 7.48. The fourth-order valence-corrected chi connectivity index (χ4v) is 5.92. The molecule has 176 valence electrons. The molecular weight excluding hydrogens is 414 g/mol. The molecule has 1 saturated heterocycles. The summed E-state index contributed by atoms with van der Waals surface area (Å²) in [6.45, 7) is 7.05. The van der Waals surface area contributed by atoms with Gasteiger partial charge in [0.05, 0.1) is 37.2 Å². The molecule has 0 radical (unpaired) electrons. The van der Waals surface area contributed by atoms with Gasteiger partial charge in [-0.1, -0.05) is 38.1 Å². The molecule has 1 fully saturated rings. The van der Waals surface area contributed by atoms with Crippen molar-refractivity contribution in [2.75, 3.05) is 43.1 Å². The molecule has 1 amide bonds. The molecule has 2 aliphatic heterocycles. The zero-order valence-electron chi connectivity index (χ0n) is 19.8. The van der Waals surface area contributed by atoms with Crippen molar-refractivity contribution < 1.29 is 14.3 Å². The monoisotopic (exact) mass is 449 g/mol. The second-order valence-electron chi connectivity index (χ2n) is 10.6. The number of rotatable bonds is 3. The molecule has 2 atom stereocenters. The van der Waals surface area contributed by atoms with Gasteiger partial charge in [-0.15, -0.1) is 0 Å². The Morgan fingerprint density at radius 2 is 1.94 bits per heavy atom. The van der Waals surface area contributed by atoms with Gasteiger partial charge >= 0.3 is 0 Å². The highest BCUT2D eigenvalue weighted by molar-refractivity contribution is 6.01. The first-order valence-corrected chi connectivity index (χ1v) is 12.3. The van der Waals surface area contributed by atoms with E-state index in [1.165, 1.54) is 0 Å². The SMILES string of the molecule is CC1(C)CC(=O)C2=C(C1)Nc1ccccc1N(CC(=O)N1CCOCC1)[C@@H]2[C@H]1CC=CCC1. The number of nitrogens with one attached hydrogen (secondary N) is 1. The molecule has 0 saturated carbocycles. The Hall–Kier alpha value is -2.60. The molecule has 0 spiro atoms. The number of allylic oxidation sites excluding steroid dienone is 3. The van der Waals surface area contributed by atoms with Gasteiger partial charge < -0.3 is 19.9 Å². The minimum absolute atomic E-state index is 0.0757. The Kier molecular flexibility index (Phi) is 6.04. The van der Waals surface area contributed by atoms with Crippen molar-refractivity contribution in [2.24, 2.45) is 11.3 Å². The van der Waals surface area contributed by atoms with Gasteiger partial charge in [0, 0.05) is 30.8 Å². The highest BCUT2D eigenvalue weighted by Crippen LogP contribution is 2.46. The Morgan fingerprint density at radius 3 is 2.70 bits per heavy atom. The van der Waals surface area contributed by atoms with Gasteiger partial charge in [-0.3, -0.25) is 9.59 Å². The Morgan fingerprint density at radius 1 is 1.15 bits per heavy atom. The van der Waals surface area contributed by atoms with Crippen molar-refractivity contribution in [3.8, 4) is 0 Å². The standard InChI is InChI=1S/C27H35N3O3/c1-27(2)16-21-25(23(31)17-27)26(19-8-4-3-5-9-19)30(22-11-7-6-10-20(22)28-21)18-24(32)29-12-14-33-15-13-29/h3-4,6-7,10-11,19,26,28H,5,8-9,12-18H2,1-2H3/t19-,26+/m0/s1. The van der Waals surface area contributed by atoms with Gasteiger partial charge in [0.1, 0.15) is 0 Å². The number of morpholine rings is 1. The molecule has 0 unspecified atom stereocenters. The summed E-state index contributed by atoms with van der Waals surface area (Å²) in [7, 11) is 0. The van der Waals surface area contributed by atoms with Crippen LogP contribution in [0.2, 0.25) is 0 Å². The molecule has 2 heterocycles. The molecule has 1 aromatic rings. The van der Waals surface area contributed by atoms with Crippen molar-refractivity contribution >= 4 is 23.1 Å². The number of amides is 1. The van der Waals surface area contributed by atoms with Gasteiger partial charge in [-0.2, -0.15) is 0 Å². The van der Waals surface area contributed by atoms with Crippen LogP contribution in [0.15, 0.2) is 47.7 Å². The fraction of sp³-hybridized carbons (Fsp3) is 0.556. The number of fused-ring (bicyclic) bond motifs is 1. The molecule has 0 bridgehead atoms. The Labute approximate surface area is 196 Å². The molecular formula is C27H35N3O3. The zero-order chi connectivity index (χ0) is 23.0. The average Bonchev–Trinajstić information content (AvgIpc) is 2.94. The van der Waals surface area contributed by atoms with Crippen LogP contribution in [-0.2, 0) is 14.3 Å². The first-order valence-electron chi connectivity index (χ1n) is 12.3. The predicted octanol–water partition coefficient (Wildman–Crippen LogP) is 4.15. The van der Waals surface area contributed by atoms with Gasteiger partial charge in [0.2, 0.25) is 5.91 Å². The number of para-hydroxylation sites is 2. The maximum atomic E-state index is 13.7. The van der Waals surface area contributed by atoms with Crippen LogP contribution in [0.4, 0.5) is 11.4 Å². The normalized spacial score (nSPS) is 26.9. The second-order valence-corrected chi connectivity index (χ2v) is 10.6. The number of Topliss-reactive ketones (excluding diaryl/α,β-unsaturated/α-hetero) is 1. The number of anilines is 2. The van der Waals surface area contributed by atoms with E-state index in [2.05, 4.69) is 48.3 Å². The van der Waals surface area contributed by atoms with Crippen LogP contribution in [-0.4, -0.2) is 55.5 Å². The van der Waals surface area contributed by atoms with Crippen molar-refractivity contribution in [3.05, 3.63) is 47.7 Å². The summed E-state index contributed by atoms with van der Waals surface area (Å²) in [6, 6.07) is 8.11. The second kappa shape index (κ2) is 8.98. The van der Waals surface area contributed by atoms with E-state index in [-0.39, 0.29) is 29.7 Å². The van der Waals surface area contributed by atoms with Gasteiger partial charge in [0.25, 0.3) is 0 Å².